The van der Waals surface area contributed by atoms with Gasteiger partial charge < -0.3 is 5.32 Å². The molecule has 0 bridgehead atoms. The van der Waals surface area contributed by atoms with E-state index in [-0.39, 0.29) is 0 Å². The Morgan fingerprint density at radius 3 is 3.18 bits per heavy atom. The smallest absolute Gasteiger partial charge is 0.0170 e. The summed E-state index contributed by atoms with van der Waals surface area (Å²) in [6.45, 7) is 4.56. The third-order valence-corrected chi connectivity index (χ3v) is 4.18. The number of nitrogens with one attached hydrogen (secondary N) is 1. The van der Waals surface area contributed by atoms with E-state index in [1.807, 2.05) is 0 Å². The monoisotopic (exact) mass is 227 g/mol. The minimum Gasteiger partial charge on any atom is -0.313 e. The standard InChI is InChI=1S/C16H21N/c1-12-4-2-5-13(10-12)15-7-3-6-14-11-17-9-8-16(14)15/h2-3,5-7,10,12,15-17H,4,8-9,11H2,1H3. The van der Waals surface area contributed by atoms with Crippen LogP contribution in [0.4, 0.5) is 0 Å². The molecule has 0 aromatic heterocycles. The first-order valence-corrected chi connectivity index (χ1v) is 6.81. The summed E-state index contributed by atoms with van der Waals surface area (Å²) < 4.78 is 0. The van der Waals surface area contributed by atoms with Gasteiger partial charge >= 0.3 is 0 Å². The number of hydrogen-bond acceptors (Lipinski definition) is 1. The SMILES string of the molecule is CC1C=C(C2C=CC=C3CNCCC32)C=CC1. The molecule has 0 amide bonds. The second kappa shape index (κ2) is 4.66. The van der Waals surface area contributed by atoms with Gasteiger partial charge in [-0.05, 0) is 36.8 Å². The van der Waals surface area contributed by atoms with Crippen LogP contribution in [-0.4, -0.2) is 13.1 Å². The van der Waals surface area contributed by atoms with Crippen molar-refractivity contribution in [1.82, 2.24) is 5.32 Å². The fraction of sp³-hybridized carbons (Fsp3) is 0.500. The van der Waals surface area contributed by atoms with Gasteiger partial charge in [0, 0.05) is 12.5 Å². The molecule has 90 valence electrons. The van der Waals surface area contributed by atoms with Gasteiger partial charge in [-0.25, -0.2) is 0 Å². The van der Waals surface area contributed by atoms with Gasteiger partial charge in [0.25, 0.3) is 0 Å². The molecule has 3 rings (SSSR count). The number of rotatable bonds is 1. The van der Waals surface area contributed by atoms with Crippen LogP contribution in [0.15, 0.2) is 47.6 Å². The molecule has 17 heavy (non-hydrogen) atoms. The lowest BCUT2D eigenvalue weighted by molar-refractivity contribution is 0.404. The maximum absolute atomic E-state index is 3.48. The Kier molecular flexibility index (Phi) is 3.02. The van der Waals surface area contributed by atoms with Gasteiger partial charge in [-0.15, -0.1) is 0 Å². The topological polar surface area (TPSA) is 12.0 Å². The molecule has 1 heterocycles. The van der Waals surface area contributed by atoms with Crippen LogP contribution in [-0.2, 0) is 0 Å². The Morgan fingerprint density at radius 2 is 2.29 bits per heavy atom. The van der Waals surface area contributed by atoms with Crippen molar-refractivity contribution in [1.29, 1.82) is 0 Å². The highest BCUT2D eigenvalue weighted by Crippen LogP contribution is 2.37. The van der Waals surface area contributed by atoms with E-state index in [9.17, 15) is 0 Å². The van der Waals surface area contributed by atoms with Gasteiger partial charge in [0.1, 0.15) is 0 Å². The molecular weight excluding hydrogens is 206 g/mol. The summed E-state index contributed by atoms with van der Waals surface area (Å²) in [7, 11) is 0. The number of fused-ring (bicyclic) bond motifs is 1. The van der Waals surface area contributed by atoms with E-state index >= 15 is 0 Å². The van der Waals surface area contributed by atoms with E-state index < -0.39 is 0 Å². The summed E-state index contributed by atoms with van der Waals surface area (Å²) in [4.78, 5) is 0. The quantitative estimate of drug-likeness (QED) is 0.725. The van der Waals surface area contributed by atoms with E-state index in [1.54, 1.807) is 5.57 Å². The van der Waals surface area contributed by atoms with Crippen molar-refractivity contribution in [2.45, 2.75) is 19.8 Å². The molecule has 0 saturated carbocycles. The van der Waals surface area contributed by atoms with Gasteiger partial charge in [0.2, 0.25) is 0 Å². The van der Waals surface area contributed by atoms with Crippen LogP contribution >= 0.6 is 0 Å². The van der Waals surface area contributed by atoms with Crippen LogP contribution in [0.25, 0.3) is 0 Å². The molecule has 0 spiro atoms. The Balaban J connectivity index is 1.86. The molecule has 3 atom stereocenters. The molecule has 3 unspecified atom stereocenters. The lowest BCUT2D eigenvalue weighted by atomic mass is 9.73. The fourth-order valence-corrected chi connectivity index (χ4v) is 3.27. The van der Waals surface area contributed by atoms with Crippen LogP contribution in [0, 0.1) is 17.8 Å². The second-order valence-corrected chi connectivity index (χ2v) is 5.51. The Hall–Kier alpha value is -1.08. The Morgan fingerprint density at radius 1 is 1.35 bits per heavy atom. The molecule has 1 fully saturated rings. The minimum absolute atomic E-state index is 0.621. The second-order valence-electron chi connectivity index (χ2n) is 5.51. The highest BCUT2D eigenvalue weighted by molar-refractivity contribution is 5.37. The van der Waals surface area contributed by atoms with Crippen LogP contribution in [0.2, 0.25) is 0 Å². The lowest BCUT2D eigenvalue weighted by Crippen LogP contribution is -2.35. The van der Waals surface area contributed by atoms with Crippen LogP contribution in [0.5, 0.6) is 0 Å². The average molecular weight is 227 g/mol. The first kappa shape index (κ1) is 11.0. The average Bonchev–Trinajstić information content (AvgIpc) is 2.38. The third kappa shape index (κ3) is 2.16. The van der Waals surface area contributed by atoms with Gasteiger partial charge in [0.15, 0.2) is 0 Å². The molecule has 1 aliphatic heterocycles. The van der Waals surface area contributed by atoms with Crippen molar-refractivity contribution in [3.8, 4) is 0 Å². The zero-order chi connectivity index (χ0) is 11.7. The van der Waals surface area contributed by atoms with Gasteiger partial charge in [0.05, 0.1) is 0 Å². The van der Waals surface area contributed by atoms with E-state index in [0.29, 0.717) is 11.8 Å². The molecule has 3 aliphatic rings. The maximum Gasteiger partial charge on any atom is 0.0170 e. The lowest BCUT2D eigenvalue weighted by Gasteiger charge is -2.35. The van der Waals surface area contributed by atoms with Gasteiger partial charge in [-0.2, -0.15) is 0 Å². The zero-order valence-electron chi connectivity index (χ0n) is 10.5. The van der Waals surface area contributed by atoms with Crippen molar-refractivity contribution < 1.29 is 0 Å². The molecule has 2 aliphatic carbocycles. The summed E-state index contributed by atoms with van der Waals surface area (Å²) in [6, 6.07) is 0. The summed E-state index contributed by atoms with van der Waals surface area (Å²) in [5, 5.41) is 3.48. The van der Waals surface area contributed by atoms with Crippen molar-refractivity contribution >= 4 is 0 Å². The van der Waals surface area contributed by atoms with Crippen LogP contribution in [0.1, 0.15) is 19.8 Å². The molecule has 1 heteroatoms. The molecular formula is C16H21N. The number of piperidine rings is 1. The zero-order valence-corrected chi connectivity index (χ0v) is 10.5. The normalized spacial score (nSPS) is 36.2. The Labute approximate surface area is 104 Å². The van der Waals surface area contributed by atoms with Crippen molar-refractivity contribution in [3.05, 3.63) is 47.6 Å². The van der Waals surface area contributed by atoms with E-state index in [0.717, 1.165) is 12.5 Å². The summed E-state index contributed by atoms with van der Waals surface area (Å²) in [5.41, 5.74) is 3.13. The molecule has 1 saturated heterocycles. The fourth-order valence-electron chi connectivity index (χ4n) is 3.27. The largest absolute Gasteiger partial charge is 0.313 e. The minimum atomic E-state index is 0.621. The molecule has 1 nitrogen and oxygen atoms in total. The third-order valence-electron chi connectivity index (χ3n) is 4.18. The van der Waals surface area contributed by atoms with Crippen LogP contribution < -0.4 is 5.32 Å². The van der Waals surface area contributed by atoms with E-state index in [2.05, 4.69) is 48.7 Å². The maximum atomic E-state index is 3.48. The summed E-state index contributed by atoms with van der Waals surface area (Å²) in [6.07, 6.45) is 16.6. The summed E-state index contributed by atoms with van der Waals surface area (Å²) in [5.74, 6) is 2.07. The van der Waals surface area contributed by atoms with Crippen molar-refractivity contribution in [3.63, 3.8) is 0 Å². The highest BCUT2D eigenvalue weighted by Gasteiger charge is 2.29. The van der Waals surface area contributed by atoms with Gasteiger partial charge in [-0.3, -0.25) is 0 Å². The van der Waals surface area contributed by atoms with E-state index in [4.69, 9.17) is 0 Å². The Bertz CT molecular complexity index is 411. The van der Waals surface area contributed by atoms with Crippen molar-refractivity contribution in [2.24, 2.45) is 17.8 Å². The molecule has 0 aromatic carbocycles. The molecule has 0 aromatic rings. The predicted molar refractivity (Wildman–Crippen MR) is 72.7 cm³/mol. The van der Waals surface area contributed by atoms with Crippen molar-refractivity contribution in [2.75, 3.05) is 13.1 Å². The van der Waals surface area contributed by atoms with Crippen LogP contribution in [0.3, 0.4) is 0 Å². The number of allylic oxidation sites excluding steroid dienone is 7. The summed E-state index contributed by atoms with van der Waals surface area (Å²) >= 11 is 0. The highest BCUT2D eigenvalue weighted by atomic mass is 14.9. The molecule has 0 radical (unpaired) electrons. The first-order chi connectivity index (χ1) is 8.34. The van der Waals surface area contributed by atoms with Gasteiger partial charge in [-0.1, -0.05) is 49.0 Å². The first-order valence-electron chi connectivity index (χ1n) is 6.81. The van der Waals surface area contributed by atoms with E-state index in [1.165, 1.54) is 25.0 Å². The molecule has 1 N–H and O–H groups in total. The number of hydrogen-bond donors (Lipinski definition) is 1. The predicted octanol–water partition coefficient (Wildman–Crippen LogP) is 3.23.